The second-order valence-electron chi connectivity index (χ2n) is 8.46. The van der Waals surface area contributed by atoms with Crippen LogP contribution in [0.2, 0.25) is 5.02 Å². The van der Waals surface area contributed by atoms with Gasteiger partial charge in [-0.25, -0.2) is 9.97 Å². The lowest BCUT2D eigenvalue weighted by Crippen LogP contribution is -2.37. The summed E-state index contributed by atoms with van der Waals surface area (Å²) in [6, 6.07) is 6.39. The number of nitriles is 1. The van der Waals surface area contributed by atoms with E-state index in [-0.39, 0.29) is 29.3 Å². The Hall–Kier alpha value is -2.89. The third-order valence-electron chi connectivity index (χ3n) is 6.08. The highest BCUT2D eigenvalue weighted by Gasteiger charge is 2.21. The number of hydrogen-bond donors (Lipinski definition) is 3. The molecule has 2 aliphatic rings. The summed E-state index contributed by atoms with van der Waals surface area (Å²) < 4.78 is 0. The summed E-state index contributed by atoms with van der Waals surface area (Å²) in [6.07, 6.45) is 11.0. The first-order valence-electron chi connectivity index (χ1n) is 11.4. The Morgan fingerprint density at radius 1 is 1.15 bits per heavy atom. The first-order valence-corrected chi connectivity index (χ1v) is 11.7. The van der Waals surface area contributed by atoms with Crippen molar-refractivity contribution >= 4 is 23.3 Å². The van der Waals surface area contributed by atoms with Crippen LogP contribution in [-0.2, 0) is 0 Å². The molecule has 0 bridgehead atoms. The number of hydrogen-bond acceptors (Lipinski definition) is 7. The second-order valence-corrected chi connectivity index (χ2v) is 8.86. The Morgan fingerprint density at radius 3 is 2.45 bits per heavy atom. The first-order chi connectivity index (χ1) is 16.0. The van der Waals surface area contributed by atoms with E-state index in [1.807, 2.05) is 6.07 Å². The maximum atomic E-state index is 12.2. The van der Waals surface area contributed by atoms with Crippen molar-refractivity contribution in [3.63, 3.8) is 0 Å². The first kappa shape index (κ1) is 24.7. The number of phenols is 1. The Balaban J connectivity index is 0.000000257. The zero-order valence-corrected chi connectivity index (χ0v) is 19.3. The summed E-state index contributed by atoms with van der Waals surface area (Å²) in [5.74, 6) is 1.18. The maximum Gasteiger partial charge on any atom is 0.271 e. The minimum atomic E-state index is -0.116. The van der Waals surface area contributed by atoms with Crippen LogP contribution in [-0.4, -0.2) is 51.8 Å². The monoisotopic (exact) mass is 471 g/mol. The number of carbonyl (C=O) groups excluding carboxylic acids is 1. The molecule has 4 rings (SSSR count). The van der Waals surface area contributed by atoms with Crippen LogP contribution in [0, 0.1) is 17.2 Å². The van der Waals surface area contributed by atoms with Crippen LogP contribution in [0.1, 0.15) is 61.0 Å². The van der Waals surface area contributed by atoms with Crippen molar-refractivity contribution < 1.29 is 15.0 Å². The average molecular weight is 472 g/mol. The van der Waals surface area contributed by atoms with Crippen molar-refractivity contribution in [3.05, 3.63) is 46.9 Å². The van der Waals surface area contributed by atoms with Gasteiger partial charge in [0.05, 0.1) is 23.0 Å². The lowest BCUT2D eigenvalue weighted by Gasteiger charge is -2.31. The topological polar surface area (TPSA) is 122 Å². The molecule has 8 nitrogen and oxygen atoms in total. The number of anilines is 1. The van der Waals surface area contributed by atoms with Crippen LogP contribution in [0.15, 0.2) is 30.6 Å². The summed E-state index contributed by atoms with van der Waals surface area (Å²) in [5.41, 5.74) is 0.768. The van der Waals surface area contributed by atoms with Gasteiger partial charge >= 0.3 is 0 Å². The van der Waals surface area contributed by atoms with Crippen molar-refractivity contribution in [2.75, 3.05) is 24.6 Å². The van der Waals surface area contributed by atoms with Gasteiger partial charge in [-0.1, -0.05) is 30.9 Å². The van der Waals surface area contributed by atoms with Gasteiger partial charge in [0.1, 0.15) is 23.3 Å². The van der Waals surface area contributed by atoms with Crippen LogP contribution in [0.3, 0.4) is 0 Å². The SMILES string of the molecule is N#Cc1ccc(O)cc1Cl.O=C(NC1CCCCC1)c1cnc(N2CCC(CO)CC2)cn1. The molecule has 1 saturated heterocycles. The molecular formula is C24H30ClN5O3. The number of aliphatic hydroxyl groups is 1. The Bertz CT molecular complexity index is 950. The minimum Gasteiger partial charge on any atom is -0.508 e. The third kappa shape index (κ3) is 7.31. The average Bonchev–Trinajstić information content (AvgIpc) is 2.85. The van der Waals surface area contributed by atoms with Crippen LogP contribution < -0.4 is 10.2 Å². The van der Waals surface area contributed by atoms with E-state index < -0.39 is 0 Å². The lowest BCUT2D eigenvalue weighted by molar-refractivity contribution is 0.0922. The summed E-state index contributed by atoms with van der Waals surface area (Å²) in [6.45, 7) is 2.03. The number of rotatable bonds is 4. The van der Waals surface area contributed by atoms with Crippen molar-refractivity contribution in [1.29, 1.82) is 5.26 Å². The highest BCUT2D eigenvalue weighted by Crippen LogP contribution is 2.22. The van der Waals surface area contributed by atoms with Gasteiger partial charge in [-0.15, -0.1) is 0 Å². The van der Waals surface area contributed by atoms with E-state index in [2.05, 4.69) is 20.2 Å². The largest absolute Gasteiger partial charge is 0.508 e. The number of aliphatic hydroxyl groups excluding tert-OH is 1. The van der Waals surface area contributed by atoms with E-state index in [4.69, 9.17) is 22.0 Å². The number of halogens is 1. The number of nitrogens with one attached hydrogen (secondary N) is 1. The molecule has 3 N–H and O–H groups in total. The number of amides is 1. The predicted octanol–water partition coefficient (Wildman–Crippen LogP) is 3.67. The van der Waals surface area contributed by atoms with Gasteiger partial charge in [0.25, 0.3) is 5.91 Å². The summed E-state index contributed by atoms with van der Waals surface area (Å²) in [7, 11) is 0. The van der Waals surface area contributed by atoms with Crippen molar-refractivity contribution in [2.45, 2.75) is 51.0 Å². The van der Waals surface area contributed by atoms with E-state index >= 15 is 0 Å². The summed E-state index contributed by atoms with van der Waals surface area (Å²) in [5, 5.41) is 29.8. The number of phenolic OH excluding ortho intramolecular Hbond substituents is 1. The number of carbonyl (C=O) groups is 1. The van der Waals surface area contributed by atoms with Gasteiger partial charge in [-0.05, 0) is 49.8 Å². The van der Waals surface area contributed by atoms with E-state index in [9.17, 15) is 9.90 Å². The van der Waals surface area contributed by atoms with E-state index in [0.717, 1.165) is 44.6 Å². The molecule has 2 heterocycles. The standard InChI is InChI=1S/C17H26N4O2.C7H4ClNO/c22-12-13-6-8-21(9-7-13)16-11-18-15(10-19-16)17(23)20-14-4-2-1-3-5-14;8-7-3-6(10)2-1-5(7)4-9/h10-11,13-14,22H,1-9,12H2,(H,20,23);1-3,10H. The third-order valence-corrected chi connectivity index (χ3v) is 6.39. The molecule has 9 heteroatoms. The molecule has 1 aliphatic heterocycles. The van der Waals surface area contributed by atoms with E-state index in [0.29, 0.717) is 17.2 Å². The molecule has 1 aromatic heterocycles. The fourth-order valence-corrected chi connectivity index (χ4v) is 4.26. The highest BCUT2D eigenvalue weighted by atomic mass is 35.5. The van der Waals surface area contributed by atoms with E-state index in [1.165, 1.54) is 37.5 Å². The molecule has 1 aromatic carbocycles. The highest BCUT2D eigenvalue weighted by molar-refractivity contribution is 6.31. The molecule has 1 aliphatic carbocycles. The second kappa shape index (κ2) is 12.4. The normalized spacial score (nSPS) is 16.9. The van der Waals surface area contributed by atoms with Crippen LogP contribution >= 0.6 is 11.6 Å². The fourth-order valence-electron chi connectivity index (χ4n) is 4.05. The number of aromatic nitrogens is 2. The molecular weight excluding hydrogens is 442 g/mol. The van der Waals surface area contributed by atoms with Gasteiger partial charge in [-0.3, -0.25) is 4.79 Å². The van der Waals surface area contributed by atoms with Gasteiger partial charge in [0.15, 0.2) is 0 Å². The Morgan fingerprint density at radius 2 is 1.88 bits per heavy atom. The maximum absolute atomic E-state index is 12.2. The van der Waals surface area contributed by atoms with Crippen molar-refractivity contribution in [2.24, 2.45) is 5.92 Å². The Labute approximate surface area is 199 Å². The van der Waals surface area contributed by atoms with Crippen molar-refractivity contribution in [3.8, 4) is 11.8 Å². The van der Waals surface area contributed by atoms with Crippen LogP contribution in [0.4, 0.5) is 5.82 Å². The molecule has 33 heavy (non-hydrogen) atoms. The molecule has 176 valence electrons. The number of benzene rings is 1. The Kier molecular flexibility index (Phi) is 9.28. The van der Waals surface area contributed by atoms with E-state index in [1.54, 1.807) is 12.4 Å². The fraction of sp³-hybridized carbons (Fsp3) is 0.500. The summed E-state index contributed by atoms with van der Waals surface area (Å²) in [4.78, 5) is 23.1. The quantitative estimate of drug-likeness (QED) is 0.621. The zero-order chi connectivity index (χ0) is 23.6. The number of aromatic hydroxyl groups is 1. The molecule has 0 radical (unpaired) electrons. The van der Waals surface area contributed by atoms with Crippen LogP contribution in [0.25, 0.3) is 0 Å². The van der Waals surface area contributed by atoms with Gasteiger partial charge < -0.3 is 20.4 Å². The van der Waals surface area contributed by atoms with Gasteiger partial charge in [-0.2, -0.15) is 5.26 Å². The smallest absolute Gasteiger partial charge is 0.271 e. The molecule has 1 amide bonds. The molecule has 0 unspecified atom stereocenters. The molecule has 2 fully saturated rings. The predicted molar refractivity (Wildman–Crippen MR) is 126 cm³/mol. The lowest BCUT2D eigenvalue weighted by atomic mass is 9.95. The molecule has 1 saturated carbocycles. The number of nitrogens with zero attached hydrogens (tertiary/aromatic N) is 4. The van der Waals surface area contributed by atoms with Gasteiger partial charge in [0.2, 0.25) is 0 Å². The summed E-state index contributed by atoms with van der Waals surface area (Å²) >= 11 is 5.55. The van der Waals surface area contributed by atoms with Crippen LogP contribution in [0.5, 0.6) is 5.75 Å². The number of piperidine rings is 1. The minimum absolute atomic E-state index is 0.0731. The van der Waals surface area contributed by atoms with Crippen molar-refractivity contribution in [1.82, 2.24) is 15.3 Å². The molecule has 2 aromatic rings. The zero-order valence-electron chi connectivity index (χ0n) is 18.6. The van der Waals surface area contributed by atoms with Gasteiger partial charge in [0, 0.05) is 25.7 Å². The molecule has 0 spiro atoms. The molecule has 0 atom stereocenters.